The Morgan fingerprint density at radius 2 is 1.85 bits per heavy atom. The number of nitrogens with zero attached hydrogens (tertiary/aromatic N) is 1. The van der Waals surface area contributed by atoms with Crippen LogP contribution in [0.15, 0.2) is 30.3 Å². The van der Waals surface area contributed by atoms with Crippen molar-refractivity contribution >= 4 is 17.3 Å². The molecule has 1 aromatic carbocycles. The second-order valence-corrected chi connectivity index (χ2v) is 6.83. The molecular formula is C16H19NO2S. The molecule has 2 rings (SSSR count). The van der Waals surface area contributed by atoms with E-state index in [9.17, 15) is 9.90 Å². The first-order chi connectivity index (χ1) is 9.38. The average molecular weight is 289 g/mol. The molecular weight excluding hydrogens is 270 g/mol. The van der Waals surface area contributed by atoms with Crippen molar-refractivity contribution in [3.05, 3.63) is 51.5 Å². The Balaban J connectivity index is 2.22. The highest BCUT2D eigenvalue weighted by atomic mass is 32.1. The van der Waals surface area contributed by atoms with Crippen molar-refractivity contribution < 1.29 is 9.90 Å². The Labute approximate surface area is 123 Å². The van der Waals surface area contributed by atoms with Crippen molar-refractivity contribution in [3.8, 4) is 0 Å². The fourth-order valence-electron chi connectivity index (χ4n) is 1.92. The Hall–Kier alpha value is -1.68. The molecule has 0 atom stereocenters. The highest BCUT2D eigenvalue weighted by Gasteiger charge is 2.24. The van der Waals surface area contributed by atoms with E-state index in [1.165, 1.54) is 16.9 Å². The summed E-state index contributed by atoms with van der Waals surface area (Å²) in [5.74, 6) is -0.874. The number of carboxylic acid groups (broad SMARTS) is 1. The minimum absolute atomic E-state index is 0.111. The zero-order valence-corrected chi connectivity index (χ0v) is 12.8. The molecule has 0 saturated heterocycles. The SMILES string of the molecule is CC(C)(C)c1nc(CCc2ccccc2)c(C(=O)O)s1. The molecule has 106 valence electrons. The number of thiazole rings is 1. The van der Waals surface area contributed by atoms with Crippen LogP contribution in [0, 0.1) is 0 Å². The van der Waals surface area contributed by atoms with Gasteiger partial charge in [0, 0.05) is 5.41 Å². The molecule has 3 nitrogen and oxygen atoms in total. The fourth-order valence-corrected chi connectivity index (χ4v) is 2.92. The van der Waals surface area contributed by atoms with Crippen molar-refractivity contribution in [2.24, 2.45) is 0 Å². The van der Waals surface area contributed by atoms with Crippen LogP contribution >= 0.6 is 11.3 Å². The van der Waals surface area contributed by atoms with Crippen LogP contribution in [0.2, 0.25) is 0 Å². The average Bonchev–Trinajstić information content (AvgIpc) is 2.82. The topological polar surface area (TPSA) is 50.2 Å². The zero-order valence-electron chi connectivity index (χ0n) is 12.0. The van der Waals surface area contributed by atoms with E-state index < -0.39 is 5.97 Å². The Kier molecular flexibility index (Phi) is 4.23. The molecule has 0 radical (unpaired) electrons. The molecule has 20 heavy (non-hydrogen) atoms. The van der Waals surface area contributed by atoms with Gasteiger partial charge in [-0.15, -0.1) is 11.3 Å². The number of aromatic nitrogens is 1. The van der Waals surface area contributed by atoms with E-state index in [-0.39, 0.29) is 5.41 Å². The molecule has 1 heterocycles. The zero-order chi connectivity index (χ0) is 14.8. The van der Waals surface area contributed by atoms with E-state index >= 15 is 0 Å². The maximum absolute atomic E-state index is 11.3. The third kappa shape index (κ3) is 3.45. The van der Waals surface area contributed by atoms with E-state index in [1.54, 1.807) is 0 Å². The van der Waals surface area contributed by atoms with Gasteiger partial charge in [0.2, 0.25) is 0 Å². The highest BCUT2D eigenvalue weighted by Crippen LogP contribution is 2.30. The summed E-state index contributed by atoms with van der Waals surface area (Å²) in [5, 5.41) is 10.2. The maximum Gasteiger partial charge on any atom is 0.347 e. The Bertz CT molecular complexity index is 597. The highest BCUT2D eigenvalue weighted by molar-refractivity contribution is 7.13. The molecule has 0 aliphatic rings. The summed E-state index contributed by atoms with van der Waals surface area (Å²) in [4.78, 5) is 16.3. The quantitative estimate of drug-likeness (QED) is 0.928. The maximum atomic E-state index is 11.3. The van der Waals surface area contributed by atoms with Crippen LogP contribution in [-0.4, -0.2) is 16.1 Å². The largest absolute Gasteiger partial charge is 0.477 e. The van der Waals surface area contributed by atoms with Crippen LogP contribution in [0.25, 0.3) is 0 Å². The van der Waals surface area contributed by atoms with E-state index in [0.717, 1.165) is 11.4 Å². The Morgan fingerprint density at radius 1 is 1.20 bits per heavy atom. The monoisotopic (exact) mass is 289 g/mol. The lowest BCUT2D eigenvalue weighted by molar-refractivity contribution is 0.0700. The molecule has 0 unspecified atom stereocenters. The lowest BCUT2D eigenvalue weighted by atomic mass is 9.98. The van der Waals surface area contributed by atoms with Gasteiger partial charge in [0.15, 0.2) is 0 Å². The van der Waals surface area contributed by atoms with Gasteiger partial charge in [-0.2, -0.15) is 0 Å². The molecule has 0 spiro atoms. The van der Waals surface area contributed by atoms with Gasteiger partial charge in [0.25, 0.3) is 0 Å². The van der Waals surface area contributed by atoms with Gasteiger partial charge in [-0.3, -0.25) is 0 Å². The lowest BCUT2D eigenvalue weighted by Crippen LogP contribution is -2.10. The van der Waals surface area contributed by atoms with Gasteiger partial charge in [0.05, 0.1) is 10.7 Å². The number of benzene rings is 1. The molecule has 0 saturated carbocycles. The van der Waals surface area contributed by atoms with Crippen LogP contribution in [-0.2, 0) is 18.3 Å². The summed E-state index contributed by atoms with van der Waals surface area (Å²) in [5.41, 5.74) is 1.80. The van der Waals surface area contributed by atoms with Crippen molar-refractivity contribution in [2.45, 2.75) is 39.0 Å². The van der Waals surface area contributed by atoms with Crippen molar-refractivity contribution in [2.75, 3.05) is 0 Å². The number of rotatable bonds is 4. The second kappa shape index (κ2) is 5.75. The summed E-state index contributed by atoms with van der Waals surface area (Å²) in [6.07, 6.45) is 1.48. The first kappa shape index (κ1) is 14.7. The van der Waals surface area contributed by atoms with Gasteiger partial charge >= 0.3 is 5.97 Å². The summed E-state index contributed by atoms with van der Waals surface area (Å²) >= 11 is 1.30. The van der Waals surface area contributed by atoms with Crippen LogP contribution in [0.5, 0.6) is 0 Å². The van der Waals surface area contributed by atoms with Crippen molar-refractivity contribution in [1.29, 1.82) is 0 Å². The van der Waals surface area contributed by atoms with Crippen LogP contribution in [0.4, 0.5) is 0 Å². The number of carboxylic acids is 1. The summed E-state index contributed by atoms with van der Waals surface area (Å²) in [6, 6.07) is 10.1. The molecule has 2 aromatic rings. The van der Waals surface area contributed by atoms with E-state index in [2.05, 4.69) is 37.9 Å². The fraction of sp³-hybridized carbons (Fsp3) is 0.375. The predicted molar refractivity (Wildman–Crippen MR) is 81.6 cm³/mol. The second-order valence-electron chi connectivity index (χ2n) is 5.84. The molecule has 0 aliphatic carbocycles. The molecule has 4 heteroatoms. The van der Waals surface area contributed by atoms with E-state index in [4.69, 9.17) is 0 Å². The Morgan fingerprint density at radius 3 is 2.40 bits per heavy atom. The van der Waals surface area contributed by atoms with Gasteiger partial charge in [-0.05, 0) is 18.4 Å². The van der Waals surface area contributed by atoms with Gasteiger partial charge in [-0.1, -0.05) is 51.1 Å². The summed E-state index contributed by atoms with van der Waals surface area (Å²) < 4.78 is 0. The number of aryl methyl sites for hydroxylation is 2. The molecule has 1 N–H and O–H groups in total. The van der Waals surface area contributed by atoms with Crippen molar-refractivity contribution in [3.63, 3.8) is 0 Å². The summed E-state index contributed by atoms with van der Waals surface area (Å²) in [7, 11) is 0. The normalized spacial score (nSPS) is 11.6. The van der Waals surface area contributed by atoms with Gasteiger partial charge < -0.3 is 5.11 Å². The number of hydrogen-bond acceptors (Lipinski definition) is 3. The molecule has 0 bridgehead atoms. The lowest BCUT2D eigenvalue weighted by Gasteiger charge is -2.13. The molecule has 0 aliphatic heterocycles. The first-order valence-electron chi connectivity index (χ1n) is 6.65. The summed E-state index contributed by atoms with van der Waals surface area (Å²) in [6.45, 7) is 6.16. The third-order valence-electron chi connectivity index (χ3n) is 3.03. The third-order valence-corrected chi connectivity index (χ3v) is 4.54. The number of hydrogen-bond donors (Lipinski definition) is 1. The molecule has 1 aromatic heterocycles. The standard InChI is InChI=1S/C16H19NO2S/c1-16(2,3)15-17-12(13(20-15)14(18)19)10-9-11-7-5-4-6-8-11/h4-8H,9-10H2,1-3H3,(H,18,19). The van der Waals surface area contributed by atoms with E-state index in [0.29, 0.717) is 17.0 Å². The van der Waals surface area contributed by atoms with Crippen LogP contribution in [0.3, 0.4) is 0 Å². The predicted octanol–water partition coefficient (Wildman–Crippen LogP) is 3.92. The molecule has 0 fully saturated rings. The van der Waals surface area contributed by atoms with Gasteiger partial charge in [-0.25, -0.2) is 9.78 Å². The minimum atomic E-state index is -0.874. The van der Waals surface area contributed by atoms with Crippen molar-refractivity contribution in [1.82, 2.24) is 4.98 Å². The van der Waals surface area contributed by atoms with E-state index in [1.807, 2.05) is 18.2 Å². The first-order valence-corrected chi connectivity index (χ1v) is 7.47. The number of aromatic carboxylic acids is 1. The number of carbonyl (C=O) groups is 1. The smallest absolute Gasteiger partial charge is 0.347 e. The minimum Gasteiger partial charge on any atom is -0.477 e. The van der Waals surface area contributed by atoms with Gasteiger partial charge in [0.1, 0.15) is 4.88 Å². The van der Waals surface area contributed by atoms with Crippen LogP contribution < -0.4 is 0 Å². The molecule has 0 amide bonds. The van der Waals surface area contributed by atoms with Crippen LogP contribution in [0.1, 0.15) is 46.7 Å².